The van der Waals surface area contributed by atoms with Gasteiger partial charge in [-0.3, -0.25) is 4.79 Å². The van der Waals surface area contributed by atoms with E-state index in [2.05, 4.69) is 0 Å². The molecule has 34 heavy (non-hydrogen) atoms. The molecule has 0 saturated carbocycles. The average Bonchev–Trinajstić information content (AvgIpc) is 3.09. The molecule has 1 amide bonds. The molecule has 0 fully saturated rings. The maximum absolute atomic E-state index is 13.9. The summed E-state index contributed by atoms with van der Waals surface area (Å²) < 4.78 is 35.3. The number of aromatic nitrogens is 1. The van der Waals surface area contributed by atoms with Gasteiger partial charge in [0, 0.05) is 23.5 Å². The molecule has 0 atom stereocenters. The number of rotatable bonds is 8. The zero-order chi connectivity index (χ0) is 24.2. The molecule has 0 saturated heterocycles. The fourth-order valence-corrected chi connectivity index (χ4v) is 4.28. The van der Waals surface area contributed by atoms with Crippen LogP contribution in [0.3, 0.4) is 0 Å². The Bertz CT molecular complexity index is 1330. The van der Waals surface area contributed by atoms with E-state index in [1.165, 1.54) is 6.07 Å². The Balaban J connectivity index is 1.83. The van der Waals surface area contributed by atoms with Gasteiger partial charge in [-0.1, -0.05) is 49.7 Å². The highest BCUT2D eigenvalue weighted by Gasteiger charge is 2.25. The largest absolute Gasteiger partial charge is 0.457 e. The zero-order valence-corrected chi connectivity index (χ0v) is 19.1. The first-order valence-corrected chi connectivity index (χ1v) is 11.2. The van der Waals surface area contributed by atoms with Crippen molar-refractivity contribution in [3.8, 4) is 22.6 Å². The molecule has 6 heteroatoms. The van der Waals surface area contributed by atoms with Gasteiger partial charge in [-0.15, -0.1) is 0 Å². The van der Waals surface area contributed by atoms with Gasteiger partial charge in [0.1, 0.15) is 11.5 Å². The molecule has 0 aliphatic carbocycles. The van der Waals surface area contributed by atoms with Crippen molar-refractivity contribution >= 4 is 5.91 Å². The Morgan fingerprint density at radius 3 is 2.35 bits per heavy atom. The Kier molecular flexibility index (Phi) is 6.77. The van der Waals surface area contributed by atoms with E-state index in [1.807, 2.05) is 73.0 Å². The molecular weight excluding hydrogens is 434 g/mol. The van der Waals surface area contributed by atoms with Crippen molar-refractivity contribution in [1.82, 2.24) is 4.57 Å². The highest BCUT2D eigenvalue weighted by atomic mass is 19.2. The van der Waals surface area contributed by atoms with Crippen LogP contribution in [0.25, 0.3) is 11.1 Å². The molecule has 0 unspecified atom stereocenters. The Morgan fingerprint density at radius 2 is 1.68 bits per heavy atom. The smallest absolute Gasteiger partial charge is 0.251 e. The highest BCUT2D eigenvalue weighted by Crippen LogP contribution is 2.36. The molecule has 174 valence electrons. The van der Waals surface area contributed by atoms with Gasteiger partial charge in [0.05, 0.1) is 5.56 Å². The molecule has 4 aromatic rings. The van der Waals surface area contributed by atoms with E-state index in [0.717, 1.165) is 29.3 Å². The monoisotopic (exact) mass is 460 g/mol. The van der Waals surface area contributed by atoms with Gasteiger partial charge in [-0.2, -0.15) is 0 Å². The second-order valence-corrected chi connectivity index (χ2v) is 8.17. The van der Waals surface area contributed by atoms with Crippen LogP contribution in [0.4, 0.5) is 8.78 Å². The van der Waals surface area contributed by atoms with Crippen molar-refractivity contribution in [2.75, 3.05) is 0 Å². The number of hydrogen-bond acceptors (Lipinski definition) is 2. The lowest BCUT2D eigenvalue weighted by Gasteiger charge is -2.14. The second-order valence-electron chi connectivity index (χ2n) is 8.17. The van der Waals surface area contributed by atoms with Crippen LogP contribution in [0.1, 0.15) is 40.7 Å². The number of benzene rings is 3. The lowest BCUT2D eigenvalue weighted by molar-refractivity contribution is 0.1000. The summed E-state index contributed by atoms with van der Waals surface area (Å²) >= 11 is 0. The van der Waals surface area contributed by atoms with Crippen molar-refractivity contribution in [3.63, 3.8) is 0 Å². The van der Waals surface area contributed by atoms with Gasteiger partial charge in [0.15, 0.2) is 11.6 Å². The normalized spacial score (nSPS) is 10.9. The van der Waals surface area contributed by atoms with Crippen molar-refractivity contribution in [2.24, 2.45) is 5.73 Å². The maximum Gasteiger partial charge on any atom is 0.251 e. The number of nitrogens with two attached hydrogens (primary N) is 1. The van der Waals surface area contributed by atoms with Crippen molar-refractivity contribution in [2.45, 2.75) is 33.2 Å². The number of amides is 1. The lowest BCUT2D eigenvalue weighted by atomic mass is 9.98. The number of nitrogens with zero attached hydrogens (tertiary/aromatic N) is 1. The van der Waals surface area contributed by atoms with Gasteiger partial charge in [-0.25, -0.2) is 8.78 Å². The van der Waals surface area contributed by atoms with Gasteiger partial charge < -0.3 is 15.0 Å². The summed E-state index contributed by atoms with van der Waals surface area (Å²) in [5, 5.41) is 0. The summed E-state index contributed by atoms with van der Waals surface area (Å²) in [7, 11) is 0. The van der Waals surface area contributed by atoms with Crippen LogP contribution in [0, 0.1) is 18.6 Å². The molecule has 0 aliphatic heterocycles. The first-order chi connectivity index (χ1) is 16.4. The zero-order valence-electron chi connectivity index (χ0n) is 19.1. The first kappa shape index (κ1) is 23.2. The Morgan fingerprint density at radius 1 is 0.941 bits per heavy atom. The second kappa shape index (κ2) is 9.91. The molecule has 4 nitrogen and oxygen atoms in total. The van der Waals surface area contributed by atoms with E-state index in [4.69, 9.17) is 10.5 Å². The third-order valence-electron chi connectivity index (χ3n) is 5.79. The predicted octanol–water partition coefficient (Wildman–Crippen LogP) is 6.63. The molecule has 0 spiro atoms. The SMILES string of the molecule is CCCc1c(-c2cccc(Oc3ccccc3)c2)c(C(N)=O)c(C)n1Cc1ccc(F)c(F)c1. The Hall–Kier alpha value is -3.93. The molecular formula is C28H26F2N2O2. The minimum atomic E-state index is -0.902. The molecule has 4 rings (SSSR count). The minimum absolute atomic E-state index is 0.291. The third kappa shape index (κ3) is 4.71. The quantitative estimate of drug-likeness (QED) is 0.321. The summed E-state index contributed by atoms with van der Waals surface area (Å²) in [5.41, 5.74) is 10.00. The van der Waals surface area contributed by atoms with Crippen LogP contribution in [-0.4, -0.2) is 10.5 Å². The van der Waals surface area contributed by atoms with Crippen LogP contribution < -0.4 is 10.5 Å². The summed E-state index contributed by atoms with van der Waals surface area (Å²) in [6.45, 7) is 4.17. The first-order valence-electron chi connectivity index (χ1n) is 11.2. The van der Waals surface area contributed by atoms with Crippen LogP contribution in [0.2, 0.25) is 0 Å². The Labute approximate surface area is 197 Å². The van der Waals surface area contributed by atoms with Crippen molar-refractivity contribution in [3.05, 3.63) is 107 Å². The van der Waals surface area contributed by atoms with Crippen molar-refractivity contribution in [1.29, 1.82) is 0 Å². The number of primary amides is 1. The van der Waals surface area contributed by atoms with Crippen LogP contribution >= 0.6 is 0 Å². The predicted molar refractivity (Wildman–Crippen MR) is 129 cm³/mol. The summed E-state index contributed by atoms with van der Waals surface area (Å²) in [6, 6.07) is 20.8. The molecule has 0 radical (unpaired) electrons. The number of halogens is 2. The summed E-state index contributed by atoms with van der Waals surface area (Å²) in [6.07, 6.45) is 1.50. The van der Waals surface area contributed by atoms with E-state index in [1.54, 1.807) is 6.07 Å². The fourth-order valence-electron chi connectivity index (χ4n) is 4.28. The van der Waals surface area contributed by atoms with Crippen molar-refractivity contribution < 1.29 is 18.3 Å². The molecule has 0 bridgehead atoms. The lowest BCUT2D eigenvalue weighted by Crippen LogP contribution is -2.13. The van der Waals surface area contributed by atoms with Gasteiger partial charge in [0.25, 0.3) is 5.91 Å². The highest BCUT2D eigenvalue weighted by molar-refractivity contribution is 6.02. The third-order valence-corrected chi connectivity index (χ3v) is 5.79. The van der Waals surface area contributed by atoms with Crippen LogP contribution in [0.5, 0.6) is 11.5 Å². The maximum atomic E-state index is 13.9. The van der Waals surface area contributed by atoms with Gasteiger partial charge in [0.2, 0.25) is 0 Å². The minimum Gasteiger partial charge on any atom is -0.457 e. The molecule has 1 aromatic heterocycles. The average molecular weight is 461 g/mol. The summed E-state index contributed by atoms with van der Waals surface area (Å²) in [5.74, 6) is -0.998. The number of hydrogen-bond donors (Lipinski definition) is 1. The van der Waals surface area contributed by atoms with Gasteiger partial charge in [-0.05, 0) is 60.9 Å². The van der Waals surface area contributed by atoms with Crippen LogP contribution in [-0.2, 0) is 13.0 Å². The fraction of sp³-hybridized carbons (Fsp3) is 0.179. The topological polar surface area (TPSA) is 57.2 Å². The van der Waals surface area contributed by atoms with E-state index >= 15 is 0 Å². The van der Waals surface area contributed by atoms with E-state index in [9.17, 15) is 13.6 Å². The number of ether oxygens (including phenoxy) is 1. The summed E-state index contributed by atoms with van der Waals surface area (Å²) in [4.78, 5) is 12.6. The molecule has 1 heterocycles. The van der Waals surface area contributed by atoms with Gasteiger partial charge >= 0.3 is 0 Å². The van der Waals surface area contributed by atoms with Crippen LogP contribution in [0.15, 0.2) is 72.8 Å². The molecule has 2 N–H and O–H groups in total. The standard InChI is InChI=1S/C28H26F2N2O2/c1-3-8-25-27(20-9-7-12-22(16-20)34-21-10-5-4-6-11-21)26(28(31)33)18(2)32(25)17-19-13-14-23(29)24(30)15-19/h4-7,9-16H,3,8,17H2,1-2H3,(H2,31,33). The van der Waals surface area contributed by atoms with E-state index in [-0.39, 0.29) is 0 Å². The molecule has 0 aliphatic rings. The molecule has 3 aromatic carbocycles. The number of carbonyl (C=O) groups is 1. The van der Waals surface area contributed by atoms with E-state index in [0.29, 0.717) is 41.3 Å². The number of carbonyl (C=O) groups excluding carboxylic acids is 1. The number of para-hydroxylation sites is 1. The van der Waals surface area contributed by atoms with E-state index < -0.39 is 17.5 Å².